The SMILES string of the molecule is C=CCO[C@H]1[C@@H](OC(=O)c2ccc(C)cc2)[C@@H](CO[Si](c2ccccc2)(c2ccccc2)C(C)(C)C)O[C@@H](Oc2ccc(OC)cc2)[C@@H]1OC(C)=O. The number of ether oxygens (including phenoxy) is 6. The van der Waals surface area contributed by atoms with Gasteiger partial charge in [0.1, 0.15) is 23.7 Å². The summed E-state index contributed by atoms with van der Waals surface area (Å²) in [6.07, 6.45) is -3.78. The Hall–Kier alpha value is -4.74. The predicted octanol–water partition coefficient (Wildman–Crippen LogP) is 6.41. The van der Waals surface area contributed by atoms with Crippen LogP contribution in [-0.2, 0) is 28.2 Å². The molecule has 0 radical (unpaired) electrons. The summed E-state index contributed by atoms with van der Waals surface area (Å²) in [6.45, 7) is 13.6. The molecule has 4 aromatic rings. The number of carbonyl (C=O) groups excluding carboxylic acids is 2. The van der Waals surface area contributed by atoms with E-state index in [1.54, 1.807) is 49.6 Å². The van der Waals surface area contributed by atoms with Crippen LogP contribution in [0.5, 0.6) is 11.5 Å². The maximum Gasteiger partial charge on any atom is 0.338 e. The second kappa shape index (κ2) is 17.2. The topological polar surface area (TPSA) is 98.8 Å². The third-order valence-corrected chi connectivity index (χ3v) is 14.0. The van der Waals surface area contributed by atoms with Gasteiger partial charge in [0.2, 0.25) is 6.29 Å². The Morgan fingerprint density at radius 2 is 1.37 bits per heavy atom. The Bertz CT molecular complexity index is 1720. The predicted molar refractivity (Wildman–Crippen MR) is 202 cm³/mol. The summed E-state index contributed by atoms with van der Waals surface area (Å²) in [5.74, 6) is -0.102. The average Bonchev–Trinajstić information content (AvgIpc) is 3.13. The minimum atomic E-state index is -3.09. The summed E-state index contributed by atoms with van der Waals surface area (Å²) in [6, 6.07) is 34.5. The average molecular weight is 725 g/mol. The van der Waals surface area contributed by atoms with Crippen LogP contribution < -0.4 is 19.8 Å². The van der Waals surface area contributed by atoms with Gasteiger partial charge in [-0.15, -0.1) is 6.58 Å². The van der Waals surface area contributed by atoms with E-state index in [1.807, 2.05) is 55.5 Å². The molecule has 0 aliphatic carbocycles. The van der Waals surface area contributed by atoms with Crippen molar-refractivity contribution in [1.29, 1.82) is 0 Å². The molecule has 0 bridgehead atoms. The van der Waals surface area contributed by atoms with Crippen molar-refractivity contribution in [1.82, 2.24) is 0 Å². The molecule has 0 amide bonds. The van der Waals surface area contributed by atoms with Crippen LogP contribution in [0.15, 0.2) is 122 Å². The number of esters is 2. The number of hydrogen-bond donors (Lipinski definition) is 0. The molecule has 0 saturated carbocycles. The van der Waals surface area contributed by atoms with Crippen LogP contribution in [0.4, 0.5) is 0 Å². The number of carbonyl (C=O) groups is 2. The highest BCUT2D eigenvalue weighted by Crippen LogP contribution is 2.38. The number of aryl methyl sites for hydroxylation is 1. The van der Waals surface area contributed by atoms with Crippen LogP contribution in [0, 0.1) is 6.92 Å². The number of rotatable bonds is 14. The van der Waals surface area contributed by atoms with E-state index in [1.165, 1.54) is 6.92 Å². The zero-order chi connectivity index (χ0) is 37.3. The molecule has 0 aromatic heterocycles. The zero-order valence-corrected chi connectivity index (χ0v) is 31.7. The van der Waals surface area contributed by atoms with Gasteiger partial charge < -0.3 is 32.8 Å². The molecular weight excluding hydrogens is 677 g/mol. The fourth-order valence-corrected chi connectivity index (χ4v) is 11.1. The number of methoxy groups -OCH3 is 1. The molecular formula is C42H48O9Si. The Kier molecular flexibility index (Phi) is 12.7. The van der Waals surface area contributed by atoms with E-state index in [9.17, 15) is 9.59 Å². The second-order valence-electron chi connectivity index (χ2n) is 13.7. The lowest BCUT2D eigenvalue weighted by Crippen LogP contribution is -2.69. The van der Waals surface area contributed by atoms with Gasteiger partial charge in [0.05, 0.1) is 25.9 Å². The van der Waals surface area contributed by atoms with Gasteiger partial charge in [0.25, 0.3) is 8.32 Å². The zero-order valence-electron chi connectivity index (χ0n) is 30.7. The van der Waals surface area contributed by atoms with Crippen molar-refractivity contribution < 1.29 is 42.4 Å². The molecule has 0 spiro atoms. The summed E-state index contributed by atoms with van der Waals surface area (Å²) in [5.41, 5.74) is 1.34. The first kappa shape index (κ1) is 38.5. The maximum atomic E-state index is 13.8. The molecule has 9 nitrogen and oxygen atoms in total. The summed E-state index contributed by atoms with van der Waals surface area (Å²) in [4.78, 5) is 26.4. The largest absolute Gasteiger partial charge is 0.497 e. The van der Waals surface area contributed by atoms with Gasteiger partial charge in [-0.2, -0.15) is 0 Å². The molecule has 1 aliphatic heterocycles. The van der Waals surface area contributed by atoms with Crippen molar-refractivity contribution in [2.45, 2.75) is 70.4 Å². The molecule has 52 heavy (non-hydrogen) atoms. The smallest absolute Gasteiger partial charge is 0.338 e. The van der Waals surface area contributed by atoms with E-state index in [4.69, 9.17) is 32.8 Å². The summed E-state index contributed by atoms with van der Waals surface area (Å²) in [5, 5.41) is 1.79. The number of benzene rings is 4. The lowest BCUT2D eigenvalue weighted by atomic mass is 9.98. The van der Waals surface area contributed by atoms with Crippen molar-refractivity contribution in [3.05, 3.63) is 133 Å². The van der Waals surface area contributed by atoms with Crippen molar-refractivity contribution in [3.8, 4) is 11.5 Å². The summed E-state index contributed by atoms with van der Waals surface area (Å²) >= 11 is 0. The monoisotopic (exact) mass is 724 g/mol. The quantitative estimate of drug-likeness (QED) is 0.0830. The highest BCUT2D eigenvalue weighted by Gasteiger charge is 2.55. The van der Waals surface area contributed by atoms with Crippen molar-refractivity contribution in [3.63, 3.8) is 0 Å². The van der Waals surface area contributed by atoms with Crippen LogP contribution in [0.25, 0.3) is 0 Å². The highest BCUT2D eigenvalue weighted by atomic mass is 28.4. The molecule has 0 unspecified atom stereocenters. The summed E-state index contributed by atoms with van der Waals surface area (Å²) < 4.78 is 44.2. The van der Waals surface area contributed by atoms with E-state index in [0.29, 0.717) is 17.1 Å². The van der Waals surface area contributed by atoms with Gasteiger partial charge in [-0.05, 0) is 58.7 Å². The lowest BCUT2D eigenvalue weighted by molar-refractivity contribution is -0.286. The summed E-state index contributed by atoms with van der Waals surface area (Å²) in [7, 11) is -1.51. The molecule has 1 aliphatic rings. The fourth-order valence-electron chi connectivity index (χ4n) is 6.57. The van der Waals surface area contributed by atoms with E-state index in [0.717, 1.165) is 15.9 Å². The number of hydrogen-bond acceptors (Lipinski definition) is 9. The fraction of sp³-hybridized carbons (Fsp3) is 0.333. The second-order valence-corrected chi connectivity index (χ2v) is 18.0. The maximum absolute atomic E-state index is 13.8. The first-order valence-corrected chi connectivity index (χ1v) is 19.3. The minimum Gasteiger partial charge on any atom is -0.497 e. The van der Waals surface area contributed by atoms with Crippen LogP contribution in [0.3, 0.4) is 0 Å². The van der Waals surface area contributed by atoms with Gasteiger partial charge in [0.15, 0.2) is 12.2 Å². The highest BCUT2D eigenvalue weighted by molar-refractivity contribution is 6.99. The molecule has 10 heteroatoms. The molecule has 1 saturated heterocycles. The van der Waals surface area contributed by atoms with Crippen LogP contribution in [-0.4, -0.2) is 71.3 Å². The molecule has 274 valence electrons. The van der Waals surface area contributed by atoms with Gasteiger partial charge in [-0.25, -0.2) is 4.79 Å². The van der Waals surface area contributed by atoms with E-state index >= 15 is 0 Å². The van der Waals surface area contributed by atoms with Gasteiger partial charge >= 0.3 is 11.9 Å². The first-order valence-electron chi connectivity index (χ1n) is 17.4. The van der Waals surface area contributed by atoms with Gasteiger partial charge in [-0.1, -0.05) is 105 Å². The van der Waals surface area contributed by atoms with Crippen molar-refractivity contribution in [2.75, 3.05) is 20.3 Å². The van der Waals surface area contributed by atoms with E-state index in [2.05, 4.69) is 51.6 Å². The van der Waals surface area contributed by atoms with Crippen LogP contribution in [0.2, 0.25) is 5.04 Å². The molecule has 1 fully saturated rings. The lowest BCUT2D eigenvalue weighted by Gasteiger charge is -2.47. The Balaban J connectivity index is 1.61. The van der Waals surface area contributed by atoms with Gasteiger partial charge in [-0.3, -0.25) is 4.79 Å². The first-order chi connectivity index (χ1) is 25.0. The van der Waals surface area contributed by atoms with E-state index < -0.39 is 51.0 Å². The normalized spacial score (nSPS) is 20.4. The molecule has 5 atom stereocenters. The Morgan fingerprint density at radius 3 is 1.88 bits per heavy atom. The molecule has 1 heterocycles. The Morgan fingerprint density at radius 1 is 0.788 bits per heavy atom. The third kappa shape index (κ3) is 8.82. The Labute approximate surface area is 307 Å². The molecule has 4 aromatic carbocycles. The third-order valence-electron chi connectivity index (χ3n) is 9.02. The van der Waals surface area contributed by atoms with Gasteiger partial charge in [0, 0.05) is 6.92 Å². The van der Waals surface area contributed by atoms with Crippen molar-refractivity contribution in [2.24, 2.45) is 0 Å². The van der Waals surface area contributed by atoms with Crippen LogP contribution >= 0.6 is 0 Å². The molecule has 5 rings (SSSR count). The standard InChI is InChI=1S/C42H48O9Si/c1-8-27-46-38-37(51-40(44)31-21-19-29(2)20-22-31)36(50-41(39(38)48-30(3)43)49-33-25-23-32(45-7)24-26-33)28-47-52(42(4,5)6,34-15-11-9-12-16-34)35-17-13-10-14-18-35/h8-26,36-39,41H,1,27-28H2,2-7H3/t36-,37+,38+,39-,41-/m1/s1. The van der Waals surface area contributed by atoms with Crippen molar-refractivity contribution >= 4 is 30.6 Å². The van der Waals surface area contributed by atoms with Crippen LogP contribution in [0.1, 0.15) is 43.6 Å². The van der Waals surface area contributed by atoms with E-state index in [-0.39, 0.29) is 18.3 Å². The molecule has 0 N–H and O–H groups in total. The minimum absolute atomic E-state index is 0.0116.